The highest BCUT2D eigenvalue weighted by molar-refractivity contribution is 5.90. The molecule has 1 aromatic carbocycles. The Morgan fingerprint density at radius 1 is 1.19 bits per heavy atom. The maximum Gasteiger partial charge on any atom is 0.348 e. The van der Waals surface area contributed by atoms with Crippen LogP contribution in [0.25, 0.3) is 0 Å². The first kappa shape index (κ1) is 11.1. The number of nitrogens with one attached hydrogen (secondary N) is 1. The van der Waals surface area contributed by atoms with E-state index in [4.69, 9.17) is 4.74 Å². The first-order chi connectivity index (χ1) is 7.83. The molecule has 1 saturated heterocycles. The lowest BCUT2D eigenvalue weighted by Gasteiger charge is -2.21. The molecular formula is C13H18NO2+. The van der Waals surface area contributed by atoms with Crippen molar-refractivity contribution in [2.45, 2.75) is 19.3 Å². The molecular weight excluding hydrogens is 202 g/mol. The van der Waals surface area contributed by atoms with Crippen molar-refractivity contribution < 1.29 is 14.4 Å². The van der Waals surface area contributed by atoms with Crippen LogP contribution in [-0.2, 0) is 0 Å². The number of methoxy groups -OCH3 is 1. The zero-order valence-electron chi connectivity index (χ0n) is 9.66. The minimum atomic E-state index is 0.178. The van der Waals surface area contributed by atoms with E-state index in [0.717, 1.165) is 30.8 Å². The van der Waals surface area contributed by atoms with Gasteiger partial charge in [-0.05, 0) is 31.4 Å². The molecule has 2 rings (SSSR count). The van der Waals surface area contributed by atoms with E-state index in [1.165, 1.54) is 6.42 Å². The van der Waals surface area contributed by atoms with E-state index in [1.54, 1.807) is 7.11 Å². The van der Waals surface area contributed by atoms with Gasteiger partial charge in [0.25, 0.3) is 0 Å². The Balaban J connectivity index is 2.19. The number of hydrogen-bond donors (Lipinski definition) is 1. The van der Waals surface area contributed by atoms with Crippen LogP contribution in [0.1, 0.15) is 29.6 Å². The van der Waals surface area contributed by atoms with Crippen molar-refractivity contribution in [1.29, 1.82) is 0 Å². The third kappa shape index (κ3) is 2.25. The van der Waals surface area contributed by atoms with Crippen LogP contribution >= 0.6 is 0 Å². The lowest BCUT2D eigenvalue weighted by molar-refractivity contribution is -0.819. The van der Waals surface area contributed by atoms with Crippen LogP contribution in [0, 0.1) is 0 Å². The molecule has 86 valence electrons. The Bertz CT molecular complexity index is 370. The number of hydrogen-bond acceptors (Lipinski definition) is 2. The van der Waals surface area contributed by atoms with Gasteiger partial charge in [-0.2, -0.15) is 0 Å². The molecule has 3 heteroatoms. The zero-order chi connectivity index (χ0) is 11.4. The van der Waals surface area contributed by atoms with Gasteiger partial charge in [-0.15, -0.1) is 0 Å². The normalized spacial score (nSPS) is 17.1. The highest BCUT2D eigenvalue weighted by atomic mass is 16.5. The second-order valence-electron chi connectivity index (χ2n) is 4.19. The molecule has 0 aromatic heterocycles. The topological polar surface area (TPSA) is 30.7 Å². The molecule has 0 unspecified atom stereocenters. The second-order valence-corrected chi connectivity index (χ2v) is 4.19. The number of para-hydroxylation sites is 1. The molecule has 1 amide bonds. The third-order valence-corrected chi connectivity index (χ3v) is 3.13. The maximum absolute atomic E-state index is 12.3. The summed E-state index contributed by atoms with van der Waals surface area (Å²) in [6.45, 7) is 1.91. The number of benzene rings is 1. The number of piperidine rings is 1. The van der Waals surface area contributed by atoms with Gasteiger partial charge in [-0.1, -0.05) is 12.1 Å². The van der Waals surface area contributed by atoms with Gasteiger partial charge in [-0.25, -0.2) is 4.79 Å². The van der Waals surface area contributed by atoms with Crippen molar-refractivity contribution in [3.05, 3.63) is 29.8 Å². The van der Waals surface area contributed by atoms with E-state index in [1.807, 2.05) is 24.3 Å². The molecule has 0 atom stereocenters. The summed E-state index contributed by atoms with van der Waals surface area (Å²) in [7, 11) is 1.61. The summed E-state index contributed by atoms with van der Waals surface area (Å²) in [5.41, 5.74) is 0.710. The van der Waals surface area contributed by atoms with E-state index in [-0.39, 0.29) is 5.91 Å². The first-order valence-electron chi connectivity index (χ1n) is 5.85. The number of quaternary nitrogens is 1. The zero-order valence-corrected chi connectivity index (χ0v) is 9.66. The summed E-state index contributed by atoms with van der Waals surface area (Å²) in [5, 5.41) is 0. The Hall–Kier alpha value is -1.35. The Morgan fingerprint density at radius 2 is 1.88 bits per heavy atom. The molecule has 0 aliphatic carbocycles. The van der Waals surface area contributed by atoms with Gasteiger partial charge in [0.05, 0.1) is 20.2 Å². The lowest BCUT2D eigenvalue weighted by atomic mass is 10.1. The molecule has 16 heavy (non-hydrogen) atoms. The Morgan fingerprint density at radius 3 is 2.56 bits per heavy atom. The van der Waals surface area contributed by atoms with E-state index in [0.29, 0.717) is 11.3 Å². The number of amides is 1. The second kappa shape index (κ2) is 5.12. The Labute approximate surface area is 96.0 Å². The van der Waals surface area contributed by atoms with Crippen molar-refractivity contribution in [3.63, 3.8) is 0 Å². The standard InChI is InChI=1S/C13H17NO2/c1-16-12-8-4-3-7-11(12)13(15)14-9-5-2-6-10-14/h3-4,7-8H,2,5-6,9-10H2,1H3/p+1. The number of carbonyl (C=O) groups is 1. The number of likely N-dealkylation sites (tertiary alicyclic amines) is 1. The summed E-state index contributed by atoms with van der Waals surface area (Å²) < 4.78 is 5.22. The van der Waals surface area contributed by atoms with Crippen molar-refractivity contribution in [1.82, 2.24) is 0 Å². The fraction of sp³-hybridized carbons (Fsp3) is 0.462. The molecule has 1 aliphatic heterocycles. The van der Waals surface area contributed by atoms with Gasteiger partial charge in [0.2, 0.25) is 0 Å². The van der Waals surface area contributed by atoms with Crippen molar-refractivity contribution in [3.8, 4) is 5.75 Å². The van der Waals surface area contributed by atoms with Gasteiger partial charge in [-0.3, -0.25) is 4.90 Å². The molecule has 1 aliphatic rings. The molecule has 0 bridgehead atoms. The van der Waals surface area contributed by atoms with Gasteiger partial charge < -0.3 is 4.74 Å². The number of ether oxygens (including phenoxy) is 1. The van der Waals surface area contributed by atoms with Crippen LogP contribution in [0.5, 0.6) is 5.75 Å². The third-order valence-electron chi connectivity index (χ3n) is 3.13. The predicted octanol–water partition coefficient (Wildman–Crippen LogP) is 0.904. The molecule has 1 heterocycles. The molecule has 0 saturated carbocycles. The van der Waals surface area contributed by atoms with E-state index in [9.17, 15) is 4.79 Å². The minimum absolute atomic E-state index is 0.178. The van der Waals surface area contributed by atoms with Crippen LogP contribution < -0.4 is 9.64 Å². The summed E-state index contributed by atoms with van der Waals surface area (Å²) in [4.78, 5) is 13.3. The van der Waals surface area contributed by atoms with Crippen LogP contribution in [0.4, 0.5) is 0 Å². The van der Waals surface area contributed by atoms with Crippen molar-refractivity contribution in [2.24, 2.45) is 0 Å². The number of rotatable bonds is 2. The van der Waals surface area contributed by atoms with Gasteiger partial charge in [0.1, 0.15) is 11.3 Å². The fourth-order valence-electron chi connectivity index (χ4n) is 2.23. The maximum atomic E-state index is 12.3. The molecule has 3 nitrogen and oxygen atoms in total. The van der Waals surface area contributed by atoms with Gasteiger partial charge in [0.15, 0.2) is 0 Å². The average Bonchev–Trinajstić information content (AvgIpc) is 2.39. The van der Waals surface area contributed by atoms with Crippen LogP contribution in [0.2, 0.25) is 0 Å². The SMILES string of the molecule is COc1ccccc1C(=O)[NH+]1CCCCC1. The van der Waals surface area contributed by atoms with Crippen LogP contribution in [0.3, 0.4) is 0 Å². The van der Waals surface area contributed by atoms with E-state index < -0.39 is 0 Å². The van der Waals surface area contributed by atoms with Crippen molar-refractivity contribution in [2.75, 3.05) is 20.2 Å². The summed E-state index contributed by atoms with van der Waals surface area (Å²) in [6, 6.07) is 7.47. The minimum Gasteiger partial charge on any atom is -0.496 e. The molecule has 0 spiro atoms. The van der Waals surface area contributed by atoms with Crippen LogP contribution in [0.15, 0.2) is 24.3 Å². The molecule has 1 aromatic rings. The highest BCUT2D eigenvalue weighted by Gasteiger charge is 2.25. The molecule has 1 fully saturated rings. The Kier molecular flexibility index (Phi) is 3.57. The highest BCUT2D eigenvalue weighted by Crippen LogP contribution is 2.16. The summed E-state index contributed by atoms with van der Waals surface area (Å²) in [6.07, 6.45) is 3.55. The summed E-state index contributed by atoms with van der Waals surface area (Å²) >= 11 is 0. The number of carbonyl (C=O) groups excluding carboxylic acids is 1. The van der Waals surface area contributed by atoms with E-state index >= 15 is 0 Å². The largest absolute Gasteiger partial charge is 0.496 e. The van der Waals surface area contributed by atoms with Gasteiger partial charge in [0, 0.05) is 0 Å². The average molecular weight is 220 g/mol. The fourth-order valence-corrected chi connectivity index (χ4v) is 2.23. The lowest BCUT2D eigenvalue weighted by Crippen LogP contribution is -3.15. The predicted molar refractivity (Wildman–Crippen MR) is 61.9 cm³/mol. The smallest absolute Gasteiger partial charge is 0.348 e. The van der Waals surface area contributed by atoms with Crippen LogP contribution in [-0.4, -0.2) is 26.1 Å². The van der Waals surface area contributed by atoms with Crippen molar-refractivity contribution >= 4 is 5.91 Å². The molecule has 1 N–H and O–H groups in total. The quantitative estimate of drug-likeness (QED) is 0.803. The first-order valence-corrected chi connectivity index (χ1v) is 5.85. The monoisotopic (exact) mass is 220 g/mol. The molecule has 0 radical (unpaired) electrons. The van der Waals surface area contributed by atoms with Gasteiger partial charge >= 0.3 is 5.91 Å². The summed E-state index contributed by atoms with van der Waals surface area (Å²) in [5.74, 6) is 0.864. The van der Waals surface area contributed by atoms with E-state index in [2.05, 4.69) is 0 Å².